The van der Waals surface area contributed by atoms with Gasteiger partial charge in [0.1, 0.15) is 0 Å². The largest absolute Gasteiger partial charge is 0.369 e. The minimum Gasteiger partial charge on any atom is -0.369 e. The zero-order valence-electron chi connectivity index (χ0n) is 12.5. The van der Waals surface area contributed by atoms with Crippen molar-refractivity contribution in [3.05, 3.63) is 24.0 Å². The van der Waals surface area contributed by atoms with E-state index >= 15 is 0 Å². The van der Waals surface area contributed by atoms with E-state index in [9.17, 15) is 0 Å². The van der Waals surface area contributed by atoms with Gasteiger partial charge in [0.2, 0.25) is 0 Å². The third kappa shape index (κ3) is 2.81. The fraction of sp³-hybridized carbons (Fsp3) is 0.688. The molecular weight excluding hydrogens is 248 g/mol. The summed E-state index contributed by atoms with van der Waals surface area (Å²) < 4.78 is 0. The number of pyridine rings is 1. The van der Waals surface area contributed by atoms with Gasteiger partial charge in [0.05, 0.1) is 17.6 Å². The number of hydrogen-bond donors (Lipinski definition) is 1. The molecule has 4 heteroatoms. The van der Waals surface area contributed by atoms with E-state index < -0.39 is 0 Å². The summed E-state index contributed by atoms with van der Waals surface area (Å²) in [6.07, 6.45) is 6.98. The lowest BCUT2D eigenvalue weighted by atomic mass is 10.1. The van der Waals surface area contributed by atoms with E-state index in [4.69, 9.17) is 5.73 Å². The summed E-state index contributed by atoms with van der Waals surface area (Å²) in [4.78, 5) is 9.67. The maximum atomic E-state index is 6.02. The molecule has 1 aromatic heterocycles. The van der Waals surface area contributed by atoms with Gasteiger partial charge < -0.3 is 10.6 Å². The van der Waals surface area contributed by atoms with Gasteiger partial charge in [-0.25, -0.2) is 0 Å². The fourth-order valence-electron chi connectivity index (χ4n) is 3.39. The highest BCUT2D eigenvalue weighted by atomic mass is 15.3. The first-order chi connectivity index (χ1) is 9.78. The normalized spacial score (nSPS) is 25.3. The van der Waals surface area contributed by atoms with Crippen LogP contribution in [0.2, 0.25) is 0 Å². The first-order valence-corrected chi connectivity index (χ1v) is 7.98. The van der Waals surface area contributed by atoms with Crippen LogP contribution in [0.5, 0.6) is 0 Å². The SMILES string of the molecule is CC[C@@H](N)c1ccc(N2CCC(N3CCCC3)C2)cn1. The number of nitrogens with zero attached hydrogens (tertiary/aromatic N) is 3. The Morgan fingerprint density at radius 1 is 1.30 bits per heavy atom. The predicted molar refractivity (Wildman–Crippen MR) is 82.9 cm³/mol. The van der Waals surface area contributed by atoms with E-state index in [0.29, 0.717) is 0 Å². The van der Waals surface area contributed by atoms with Crippen LogP contribution in [0.1, 0.15) is 44.3 Å². The number of hydrogen-bond acceptors (Lipinski definition) is 4. The lowest BCUT2D eigenvalue weighted by Crippen LogP contribution is -2.35. The summed E-state index contributed by atoms with van der Waals surface area (Å²) in [6, 6.07) is 5.09. The Labute approximate surface area is 122 Å². The van der Waals surface area contributed by atoms with Crippen LogP contribution < -0.4 is 10.6 Å². The van der Waals surface area contributed by atoms with Gasteiger partial charge in [-0.15, -0.1) is 0 Å². The number of anilines is 1. The monoisotopic (exact) mass is 274 g/mol. The van der Waals surface area contributed by atoms with Crippen LogP contribution in [0, 0.1) is 0 Å². The van der Waals surface area contributed by atoms with E-state index in [-0.39, 0.29) is 6.04 Å². The number of likely N-dealkylation sites (tertiary alicyclic amines) is 1. The van der Waals surface area contributed by atoms with Crippen molar-refractivity contribution in [1.29, 1.82) is 0 Å². The third-order valence-electron chi connectivity index (χ3n) is 4.78. The molecule has 3 rings (SSSR count). The van der Waals surface area contributed by atoms with Crippen LogP contribution in [-0.2, 0) is 0 Å². The van der Waals surface area contributed by atoms with Gasteiger partial charge in [-0.3, -0.25) is 9.88 Å². The molecule has 4 nitrogen and oxygen atoms in total. The average molecular weight is 274 g/mol. The first kappa shape index (κ1) is 13.8. The molecule has 110 valence electrons. The Hall–Kier alpha value is -1.13. The van der Waals surface area contributed by atoms with Crippen LogP contribution in [0.25, 0.3) is 0 Å². The summed E-state index contributed by atoms with van der Waals surface area (Å²) in [5, 5.41) is 0. The lowest BCUT2D eigenvalue weighted by Gasteiger charge is -2.24. The van der Waals surface area contributed by atoms with Crippen molar-refractivity contribution in [2.45, 2.75) is 44.7 Å². The summed E-state index contributed by atoms with van der Waals surface area (Å²) >= 11 is 0. The van der Waals surface area contributed by atoms with E-state index in [2.05, 4.69) is 33.8 Å². The van der Waals surface area contributed by atoms with E-state index in [1.807, 2.05) is 6.20 Å². The Bertz CT molecular complexity index is 425. The van der Waals surface area contributed by atoms with Crippen LogP contribution >= 0.6 is 0 Å². The molecule has 2 saturated heterocycles. The highest BCUT2D eigenvalue weighted by molar-refractivity contribution is 5.46. The van der Waals surface area contributed by atoms with Crippen molar-refractivity contribution < 1.29 is 0 Å². The van der Waals surface area contributed by atoms with Crippen LogP contribution in [0.3, 0.4) is 0 Å². The zero-order valence-corrected chi connectivity index (χ0v) is 12.5. The smallest absolute Gasteiger partial charge is 0.0572 e. The Morgan fingerprint density at radius 2 is 2.10 bits per heavy atom. The summed E-state index contributed by atoms with van der Waals surface area (Å²) in [7, 11) is 0. The van der Waals surface area contributed by atoms with E-state index in [1.54, 1.807) is 0 Å². The number of rotatable bonds is 4. The first-order valence-electron chi connectivity index (χ1n) is 7.98. The Kier molecular flexibility index (Phi) is 4.22. The van der Waals surface area contributed by atoms with Gasteiger partial charge in [-0.1, -0.05) is 6.92 Å². The molecule has 2 aliphatic rings. The minimum atomic E-state index is 0.0694. The molecule has 0 aromatic carbocycles. The molecule has 0 aliphatic carbocycles. The maximum absolute atomic E-state index is 6.02. The standard InChI is InChI=1S/C16H26N4/c1-2-15(17)16-6-5-13(11-18-16)20-10-7-14(12-20)19-8-3-4-9-19/h5-6,11,14-15H,2-4,7-10,12,17H2,1H3/t14?,15-/m1/s1. The van der Waals surface area contributed by atoms with Crippen molar-refractivity contribution in [1.82, 2.24) is 9.88 Å². The van der Waals surface area contributed by atoms with E-state index in [0.717, 1.165) is 31.2 Å². The van der Waals surface area contributed by atoms with Crippen molar-refractivity contribution in [3.8, 4) is 0 Å². The zero-order chi connectivity index (χ0) is 13.9. The molecule has 2 atom stereocenters. The van der Waals surface area contributed by atoms with Crippen molar-refractivity contribution in [3.63, 3.8) is 0 Å². The van der Waals surface area contributed by atoms with Crippen molar-refractivity contribution in [2.75, 3.05) is 31.1 Å². The Morgan fingerprint density at radius 3 is 2.75 bits per heavy atom. The molecule has 2 N–H and O–H groups in total. The van der Waals surface area contributed by atoms with E-state index in [1.165, 1.54) is 38.0 Å². The molecular formula is C16H26N4. The van der Waals surface area contributed by atoms with Crippen LogP contribution in [0.15, 0.2) is 18.3 Å². The molecule has 0 spiro atoms. The van der Waals surface area contributed by atoms with Gasteiger partial charge in [0.15, 0.2) is 0 Å². The lowest BCUT2D eigenvalue weighted by molar-refractivity contribution is 0.260. The van der Waals surface area contributed by atoms with Gasteiger partial charge >= 0.3 is 0 Å². The molecule has 3 heterocycles. The van der Waals surface area contributed by atoms with Crippen LogP contribution in [0.4, 0.5) is 5.69 Å². The minimum absolute atomic E-state index is 0.0694. The molecule has 0 amide bonds. The third-order valence-corrected chi connectivity index (χ3v) is 4.78. The second-order valence-electron chi connectivity index (χ2n) is 6.09. The molecule has 0 bridgehead atoms. The molecule has 0 saturated carbocycles. The number of aromatic nitrogens is 1. The quantitative estimate of drug-likeness (QED) is 0.914. The Balaban J connectivity index is 1.62. The summed E-state index contributed by atoms with van der Waals surface area (Å²) in [6.45, 7) is 6.99. The maximum Gasteiger partial charge on any atom is 0.0572 e. The van der Waals surface area contributed by atoms with Gasteiger partial charge in [-0.05, 0) is 50.9 Å². The second-order valence-corrected chi connectivity index (χ2v) is 6.09. The van der Waals surface area contributed by atoms with Gasteiger partial charge in [0.25, 0.3) is 0 Å². The molecule has 0 radical (unpaired) electrons. The topological polar surface area (TPSA) is 45.4 Å². The molecule has 2 fully saturated rings. The highest BCUT2D eigenvalue weighted by Gasteiger charge is 2.29. The average Bonchev–Trinajstić information content (AvgIpc) is 3.17. The van der Waals surface area contributed by atoms with Gasteiger partial charge in [-0.2, -0.15) is 0 Å². The summed E-state index contributed by atoms with van der Waals surface area (Å²) in [5.74, 6) is 0. The molecule has 1 aromatic rings. The predicted octanol–water partition coefficient (Wildman–Crippen LogP) is 2.17. The number of nitrogens with two attached hydrogens (primary N) is 1. The molecule has 2 aliphatic heterocycles. The van der Waals surface area contributed by atoms with Gasteiger partial charge in [0, 0.05) is 25.2 Å². The highest BCUT2D eigenvalue weighted by Crippen LogP contribution is 2.25. The summed E-state index contributed by atoms with van der Waals surface area (Å²) in [5.41, 5.74) is 8.27. The van der Waals surface area contributed by atoms with Crippen molar-refractivity contribution >= 4 is 5.69 Å². The molecule has 1 unspecified atom stereocenters. The second kappa shape index (κ2) is 6.10. The molecule has 20 heavy (non-hydrogen) atoms. The van der Waals surface area contributed by atoms with Crippen LogP contribution in [-0.4, -0.2) is 42.1 Å². The fourth-order valence-corrected chi connectivity index (χ4v) is 3.39. The van der Waals surface area contributed by atoms with Crippen molar-refractivity contribution in [2.24, 2.45) is 5.73 Å².